The number of anilines is 1. The molecule has 0 saturated carbocycles. The van der Waals surface area contributed by atoms with Gasteiger partial charge in [0.1, 0.15) is 6.04 Å². The largest absolute Gasteiger partial charge is 0.323 e. The number of fused-ring (bicyclic) bond motifs is 2. The van der Waals surface area contributed by atoms with Crippen LogP contribution in [0.25, 0.3) is 10.9 Å². The van der Waals surface area contributed by atoms with E-state index in [4.69, 9.17) is 0 Å². The number of hydrogen-bond donors (Lipinski definition) is 1. The Morgan fingerprint density at radius 2 is 2.26 bits per heavy atom. The Morgan fingerprint density at radius 3 is 3.13 bits per heavy atom. The first-order valence-electron chi connectivity index (χ1n) is 7.69. The van der Waals surface area contributed by atoms with Gasteiger partial charge in [0, 0.05) is 17.6 Å². The fourth-order valence-electron chi connectivity index (χ4n) is 3.38. The molecule has 2 atom stereocenters. The molecule has 1 aromatic heterocycles. The molecule has 2 amide bonds. The number of aromatic nitrogens is 1. The number of carbonyl (C=O) groups is 2. The molecule has 118 valence electrons. The van der Waals surface area contributed by atoms with Gasteiger partial charge in [0.25, 0.3) is 0 Å². The van der Waals surface area contributed by atoms with Crippen LogP contribution < -0.4 is 5.32 Å². The molecule has 2 aliphatic heterocycles. The van der Waals surface area contributed by atoms with Crippen LogP contribution in [-0.2, 0) is 9.59 Å². The summed E-state index contributed by atoms with van der Waals surface area (Å²) < 4.78 is 0. The maximum Gasteiger partial charge on any atom is 0.248 e. The van der Waals surface area contributed by atoms with Crippen LogP contribution in [0.5, 0.6) is 0 Å². The summed E-state index contributed by atoms with van der Waals surface area (Å²) in [5.74, 6) is 0.595. The Labute approximate surface area is 138 Å². The second kappa shape index (κ2) is 5.23. The van der Waals surface area contributed by atoms with Crippen molar-refractivity contribution in [1.82, 2.24) is 9.88 Å². The number of rotatable bonds is 2. The van der Waals surface area contributed by atoms with Crippen molar-refractivity contribution in [2.75, 3.05) is 11.1 Å². The molecule has 0 spiro atoms. The molecule has 0 bridgehead atoms. The Morgan fingerprint density at radius 1 is 1.43 bits per heavy atom. The van der Waals surface area contributed by atoms with E-state index in [1.807, 2.05) is 37.3 Å². The molecular weight excluding hydrogens is 310 g/mol. The van der Waals surface area contributed by atoms with Crippen molar-refractivity contribution >= 4 is 40.2 Å². The van der Waals surface area contributed by atoms with E-state index in [9.17, 15) is 9.59 Å². The molecule has 6 heteroatoms. The van der Waals surface area contributed by atoms with Crippen LogP contribution in [0, 0.1) is 0 Å². The number of benzene rings is 1. The van der Waals surface area contributed by atoms with E-state index in [0.29, 0.717) is 17.9 Å². The number of nitrogens with one attached hydrogen (secondary N) is 1. The Bertz CT molecular complexity index is 809. The zero-order valence-corrected chi connectivity index (χ0v) is 13.6. The van der Waals surface area contributed by atoms with Crippen LogP contribution in [0.4, 0.5) is 5.69 Å². The Hall–Kier alpha value is -2.08. The third-order valence-electron chi connectivity index (χ3n) is 4.61. The molecule has 5 nitrogen and oxygen atoms in total. The predicted molar refractivity (Wildman–Crippen MR) is 91.1 cm³/mol. The van der Waals surface area contributed by atoms with Gasteiger partial charge in [-0.3, -0.25) is 14.6 Å². The SMILES string of the molecule is C[C@]12CCC(=O)N1[C@@H](C(=O)Nc1cnc3ccccc3c1)CS2. The van der Waals surface area contributed by atoms with Crippen molar-refractivity contribution in [2.24, 2.45) is 0 Å². The molecule has 3 heterocycles. The van der Waals surface area contributed by atoms with E-state index < -0.39 is 6.04 Å². The van der Waals surface area contributed by atoms with Crippen LogP contribution in [0.3, 0.4) is 0 Å². The second-order valence-corrected chi connectivity index (χ2v) is 7.67. The monoisotopic (exact) mass is 327 g/mol. The van der Waals surface area contributed by atoms with Crippen LogP contribution in [0.1, 0.15) is 19.8 Å². The van der Waals surface area contributed by atoms with Gasteiger partial charge in [0.2, 0.25) is 11.8 Å². The molecule has 1 N–H and O–H groups in total. The average molecular weight is 327 g/mol. The highest BCUT2D eigenvalue weighted by Gasteiger charge is 2.52. The van der Waals surface area contributed by atoms with Crippen molar-refractivity contribution in [3.63, 3.8) is 0 Å². The summed E-state index contributed by atoms with van der Waals surface area (Å²) in [6.45, 7) is 2.05. The van der Waals surface area contributed by atoms with Gasteiger partial charge in [-0.05, 0) is 25.5 Å². The van der Waals surface area contributed by atoms with Gasteiger partial charge in [0.15, 0.2) is 0 Å². The lowest BCUT2D eigenvalue weighted by Gasteiger charge is -2.29. The van der Waals surface area contributed by atoms with Crippen molar-refractivity contribution in [1.29, 1.82) is 0 Å². The van der Waals surface area contributed by atoms with Crippen molar-refractivity contribution in [3.05, 3.63) is 36.5 Å². The summed E-state index contributed by atoms with van der Waals surface area (Å²) in [4.78, 5) is 30.7. The highest BCUT2D eigenvalue weighted by molar-refractivity contribution is 8.01. The fourth-order valence-corrected chi connectivity index (χ4v) is 4.81. The summed E-state index contributed by atoms with van der Waals surface area (Å²) >= 11 is 1.70. The average Bonchev–Trinajstić information content (AvgIpc) is 3.04. The normalized spacial score (nSPS) is 26.6. The molecule has 1 aromatic carbocycles. The molecule has 2 saturated heterocycles. The number of pyridine rings is 1. The standard InChI is InChI=1S/C17H17N3O2S/c1-17-7-6-15(21)20(17)14(10-23-17)16(22)19-12-8-11-4-2-3-5-13(11)18-9-12/h2-5,8-9,14H,6-7,10H2,1H3,(H,19,22)/t14-,17+/m1/s1. The second-order valence-electron chi connectivity index (χ2n) is 6.17. The lowest BCUT2D eigenvalue weighted by atomic mass is 10.2. The molecule has 2 fully saturated rings. The Kier molecular flexibility index (Phi) is 3.30. The summed E-state index contributed by atoms with van der Waals surface area (Å²) in [6.07, 6.45) is 3.01. The van der Waals surface area contributed by atoms with Crippen LogP contribution in [0.15, 0.2) is 36.5 Å². The molecule has 0 radical (unpaired) electrons. The third kappa shape index (κ3) is 2.37. The highest BCUT2D eigenvalue weighted by atomic mass is 32.2. The van der Waals surface area contributed by atoms with E-state index in [2.05, 4.69) is 10.3 Å². The van der Waals surface area contributed by atoms with Gasteiger partial charge in [0.05, 0.1) is 22.3 Å². The zero-order chi connectivity index (χ0) is 16.0. The minimum absolute atomic E-state index is 0.0780. The van der Waals surface area contributed by atoms with Crippen molar-refractivity contribution in [3.8, 4) is 0 Å². The number of thioether (sulfide) groups is 1. The number of para-hydroxylation sites is 1. The van der Waals surface area contributed by atoms with E-state index in [-0.39, 0.29) is 16.7 Å². The number of amides is 2. The number of hydrogen-bond acceptors (Lipinski definition) is 4. The van der Waals surface area contributed by atoms with Gasteiger partial charge in [-0.2, -0.15) is 0 Å². The maximum atomic E-state index is 12.6. The Balaban J connectivity index is 1.56. The summed E-state index contributed by atoms with van der Waals surface area (Å²) in [6, 6.07) is 9.29. The maximum absolute atomic E-state index is 12.6. The molecule has 0 aliphatic carbocycles. The van der Waals surface area contributed by atoms with Crippen molar-refractivity contribution in [2.45, 2.75) is 30.7 Å². The third-order valence-corrected chi connectivity index (χ3v) is 6.11. The lowest BCUT2D eigenvalue weighted by Crippen LogP contribution is -2.48. The van der Waals surface area contributed by atoms with Crippen LogP contribution in [-0.4, -0.2) is 38.4 Å². The number of nitrogens with zero attached hydrogens (tertiary/aromatic N) is 2. The summed E-state index contributed by atoms with van der Waals surface area (Å²) in [7, 11) is 0. The molecule has 4 rings (SSSR count). The summed E-state index contributed by atoms with van der Waals surface area (Å²) in [5, 5.41) is 3.90. The molecule has 0 unspecified atom stereocenters. The topological polar surface area (TPSA) is 62.3 Å². The summed E-state index contributed by atoms with van der Waals surface area (Å²) in [5.41, 5.74) is 1.56. The van der Waals surface area contributed by atoms with Crippen LogP contribution >= 0.6 is 11.8 Å². The molecular formula is C17H17N3O2S. The fraction of sp³-hybridized carbons (Fsp3) is 0.353. The van der Waals surface area contributed by atoms with Gasteiger partial charge >= 0.3 is 0 Å². The smallest absolute Gasteiger partial charge is 0.248 e. The van der Waals surface area contributed by atoms with Gasteiger partial charge in [-0.25, -0.2) is 0 Å². The van der Waals surface area contributed by atoms with Gasteiger partial charge in [-0.1, -0.05) is 18.2 Å². The van der Waals surface area contributed by atoms with E-state index in [1.54, 1.807) is 22.9 Å². The molecule has 23 heavy (non-hydrogen) atoms. The van der Waals surface area contributed by atoms with E-state index in [0.717, 1.165) is 17.3 Å². The first-order valence-corrected chi connectivity index (χ1v) is 8.67. The van der Waals surface area contributed by atoms with Gasteiger partial charge < -0.3 is 10.2 Å². The lowest BCUT2D eigenvalue weighted by molar-refractivity contribution is -0.135. The van der Waals surface area contributed by atoms with E-state index >= 15 is 0 Å². The predicted octanol–water partition coefficient (Wildman–Crippen LogP) is 2.63. The van der Waals surface area contributed by atoms with Crippen LogP contribution in [0.2, 0.25) is 0 Å². The van der Waals surface area contributed by atoms with Gasteiger partial charge in [-0.15, -0.1) is 11.8 Å². The van der Waals surface area contributed by atoms with E-state index in [1.165, 1.54) is 0 Å². The quantitative estimate of drug-likeness (QED) is 0.921. The first kappa shape index (κ1) is 14.5. The van der Waals surface area contributed by atoms with Crippen molar-refractivity contribution < 1.29 is 9.59 Å². The molecule has 2 aliphatic rings. The highest BCUT2D eigenvalue weighted by Crippen LogP contribution is 2.47. The number of carbonyl (C=O) groups excluding carboxylic acids is 2. The minimum Gasteiger partial charge on any atom is -0.323 e. The first-order chi connectivity index (χ1) is 11.1. The molecule has 2 aromatic rings. The zero-order valence-electron chi connectivity index (χ0n) is 12.8. The minimum atomic E-state index is -0.397.